The van der Waals surface area contributed by atoms with Crippen molar-refractivity contribution in [2.45, 2.75) is 45.4 Å². The van der Waals surface area contributed by atoms with Crippen LogP contribution in [0.3, 0.4) is 0 Å². The average molecular weight is 407 g/mol. The number of hydrogen-bond donors (Lipinski definition) is 0. The number of amides is 1. The van der Waals surface area contributed by atoms with Crippen LogP contribution in [-0.2, 0) is 16.6 Å². The lowest BCUT2D eigenvalue weighted by atomic mass is 9.96. The first-order valence-corrected chi connectivity index (χ1v) is 10.7. The smallest absolute Gasteiger partial charge is 0.222 e. The average Bonchev–Trinajstić information content (AvgIpc) is 3.02. The molecule has 0 aliphatic carbocycles. The third-order valence-corrected chi connectivity index (χ3v) is 5.56. The van der Waals surface area contributed by atoms with Gasteiger partial charge >= 0.3 is 0 Å². The highest BCUT2D eigenvalue weighted by Gasteiger charge is 2.24. The van der Waals surface area contributed by atoms with Gasteiger partial charge in [-0.05, 0) is 30.5 Å². The van der Waals surface area contributed by atoms with Crippen molar-refractivity contribution in [1.29, 1.82) is 0 Å². The molecule has 3 heterocycles. The Labute approximate surface area is 177 Å². The monoisotopic (exact) mass is 406 g/mol. The van der Waals surface area contributed by atoms with E-state index in [1.807, 2.05) is 39.7 Å². The van der Waals surface area contributed by atoms with E-state index in [9.17, 15) is 4.79 Å². The maximum absolute atomic E-state index is 12.7. The second-order valence-electron chi connectivity index (χ2n) is 8.94. The molecule has 0 spiro atoms. The Kier molecular flexibility index (Phi) is 5.70. The molecular weight excluding hydrogens is 376 g/mol. The summed E-state index contributed by atoms with van der Waals surface area (Å²) < 4.78 is 1.85. The van der Waals surface area contributed by atoms with E-state index in [2.05, 4.69) is 48.0 Å². The Morgan fingerprint density at radius 2 is 1.77 bits per heavy atom. The van der Waals surface area contributed by atoms with E-state index >= 15 is 0 Å². The summed E-state index contributed by atoms with van der Waals surface area (Å²) in [5, 5.41) is 13.4. The Bertz CT molecular complexity index is 1010. The van der Waals surface area contributed by atoms with Gasteiger partial charge in [-0.3, -0.25) is 4.79 Å². The lowest BCUT2D eigenvalue weighted by molar-refractivity contribution is -0.130. The predicted molar refractivity (Wildman–Crippen MR) is 118 cm³/mol. The predicted octanol–water partition coefficient (Wildman–Crippen LogP) is 3.09. The molecule has 1 fully saturated rings. The molecule has 0 N–H and O–H groups in total. The van der Waals surface area contributed by atoms with Gasteiger partial charge in [0.1, 0.15) is 5.82 Å². The van der Waals surface area contributed by atoms with Gasteiger partial charge in [-0.25, -0.2) is 0 Å². The van der Waals surface area contributed by atoms with Gasteiger partial charge in [0.2, 0.25) is 5.91 Å². The number of aromatic nitrogens is 4. The molecule has 1 aromatic carbocycles. The minimum absolute atomic E-state index is 0.133. The van der Waals surface area contributed by atoms with E-state index in [0.717, 1.165) is 56.3 Å². The van der Waals surface area contributed by atoms with E-state index in [-0.39, 0.29) is 11.3 Å². The van der Waals surface area contributed by atoms with Crippen LogP contribution in [0.4, 0.5) is 5.82 Å². The summed E-state index contributed by atoms with van der Waals surface area (Å²) in [5.41, 5.74) is 1.84. The molecule has 0 radical (unpaired) electrons. The fourth-order valence-electron chi connectivity index (χ4n) is 3.87. The maximum Gasteiger partial charge on any atom is 0.222 e. The summed E-state index contributed by atoms with van der Waals surface area (Å²) in [6, 6.07) is 14.2. The van der Waals surface area contributed by atoms with E-state index in [1.54, 1.807) is 0 Å². The highest BCUT2D eigenvalue weighted by molar-refractivity contribution is 5.76. The van der Waals surface area contributed by atoms with Crippen molar-refractivity contribution in [3.05, 3.63) is 53.9 Å². The lowest BCUT2D eigenvalue weighted by Crippen LogP contribution is -2.35. The van der Waals surface area contributed by atoms with E-state index in [0.29, 0.717) is 6.42 Å². The first kappa shape index (κ1) is 20.3. The van der Waals surface area contributed by atoms with Crippen LogP contribution in [0.25, 0.3) is 5.65 Å². The van der Waals surface area contributed by atoms with Crippen molar-refractivity contribution in [3.63, 3.8) is 0 Å². The molecule has 0 saturated carbocycles. The molecule has 1 aliphatic heterocycles. The van der Waals surface area contributed by atoms with Gasteiger partial charge < -0.3 is 9.80 Å². The number of anilines is 1. The summed E-state index contributed by atoms with van der Waals surface area (Å²) in [4.78, 5) is 17.0. The number of nitrogens with zero attached hydrogens (tertiary/aromatic N) is 6. The highest BCUT2D eigenvalue weighted by atomic mass is 16.2. The number of aryl methyl sites for hydroxylation is 1. The Hall–Kier alpha value is -2.96. The molecule has 1 amide bonds. The second-order valence-corrected chi connectivity index (χ2v) is 8.94. The molecule has 158 valence electrons. The Morgan fingerprint density at radius 1 is 0.967 bits per heavy atom. The third-order valence-electron chi connectivity index (χ3n) is 5.56. The Morgan fingerprint density at radius 3 is 2.53 bits per heavy atom. The topological polar surface area (TPSA) is 66.6 Å². The number of hydrogen-bond acceptors (Lipinski definition) is 5. The van der Waals surface area contributed by atoms with E-state index in [1.165, 1.54) is 5.56 Å². The number of fused-ring (bicyclic) bond motifs is 1. The molecule has 0 atom stereocenters. The van der Waals surface area contributed by atoms with Gasteiger partial charge in [-0.2, -0.15) is 4.52 Å². The number of rotatable bonds is 4. The largest absolute Gasteiger partial charge is 0.353 e. The molecule has 1 saturated heterocycles. The van der Waals surface area contributed by atoms with Crippen molar-refractivity contribution in [2.75, 3.05) is 31.1 Å². The molecule has 30 heavy (non-hydrogen) atoms. The van der Waals surface area contributed by atoms with Crippen LogP contribution in [0.1, 0.15) is 45.0 Å². The van der Waals surface area contributed by atoms with Crippen LogP contribution in [-0.4, -0.2) is 56.8 Å². The van der Waals surface area contributed by atoms with E-state index < -0.39 is 0 Å². The third kappa shape index (κ3) is 4.45. The quantitative estimate of drug-likeness (QED) is 0.666. The first-order valence-electron chi connectivity index (χ1n) is 10.7. The van der Waals surface area contributed by atoms with Crippen molar-refractivity contribution in [1.82, 2.24) is 24.7 Å². The van der Waals surface area contributed by atoms with Gasteiger partial charge in [-0.15, -0.1) is 15.3 Å². The summed E-state index contributed by atoms with van der Waals surface area (Å²) >= 11 is 0. The van der Waals surface area contributed by atoms with Crippen molar-refractivity contribution in [2.24, 2.45) is 0 Å². The maximum atomic E-state index is 12.7. The van der Waals surface area contributed by atoms with Crippen LogP contribution < -0.4 is 4.90 Å². The molecule has 3 aromatic rings. The van der Waals surface area contributed by atoms with Crippen molar-refractivity contribution in [3.8, 4) is 0 Å². The molecule has 0 bridgehead atoms. The van der Waals surface area contributed by atoms with Gasteiger partial charge in [0, 0.05) is 38.0 Å². The van der Waals surface area contributed by atoms with Gasteiger partial charge in [0.05, 0.1) is 0 Å². The minimum Gasteiger partial charge on any atom is -0.353 e. The molecule has 4 rings (SSSR count). The standard InChI is InChI=1S/C23H30N6O/c1-23(2,3)22-25-24-19-11-12-20(26-29(19)22)27-14-7-15-28(17-16-27)21(30)13-10-18-8-5-4-6-9-18/h4-6,8-9,11-12H,7,10,13-17H2,1-3H3. The summed E-state index contributed by atoms with van der Waals surface area (Å²) in [5.74, 6) is 2.00. The summed E-state index contributed by atoms with van der Waals surface area (Å²) in [7, 11) is 0. The van der Waals surface area contributed by atoms with Crippen LogP contribution in [0.2, 0.25) is 0 Å². The highest BCUT2D eigenvalue weighted by Crippen LogP contribution is 2.22. The first-order chi connectivity index (χ1) is 14.4. The number of carbonyl (C=O) groups is 1. The molecular formula is C23H30N6O. The van der Waals surface area contributed by atoms with Crippen LogP contribution in [0, 0.1) is 0 Å². The molecule has 1 aliphatic rings. The SMILES string of the molecule is CC(C)(C)c1nnc2ccc(N3CCCN(C(=O)CCc4ccccc4)CC3)nn12. The molecule has 7 heteroatoms. The van der Waals surface area contributed by atoms with Gasteiger partial charge in [0.25, 0.3) is 0 Å². The fourth-order valence-corrected chi connectivity index (χ4v) is 3.87. The summed E-state index contributed by atoms with van der Waals surface area (Å²) in [6.45, 7) is 9.53. The van der Waals surface area contributed by atoms with Crippen LogP contribution in [0.15, 0.2) is 42.5 Å². The fraction of sp³-hybridized carbons (Fsp3) is 0.478. The van der Waals surface area contributed by atoms with E-state index in [4.69, 9.17) is 5.10 Å². The lowest BCUT2D eigenvalue weighted by Gasteiger charge is -2.23. The zero-order chi connectivity index (χ0) is 21.1. The number of carbonyl (C=O) groups excluding carboxylic acids is 1. The zero-order valence-corrected chi connectivity index (χ0v) is 18.1. The molecule has 2 aromatic heterocycles. The van der Waals surface area contributed by atoms with Crippen molar-refractivity contribution >= 4 is 17.4 Å². The number of benzene rings is 1. The van der Waals surface area contributed by atoms with Crippen molar-refractivity contribution < 1.29 is 4.79 Å². The minimum atomic E-state index is -0.133. The molecule has 0 unspecified atom stereocenters. The van der Waals surface area contributed by atoms with Crippen LogP contribution in [0.5, 0.6) is 0 Å². The van der Waals surface area contributed by atoms with Gasteiger partial charge in [-0.1, -0.05) is 51.1 Å². The normalized spacial score (nSPS) is 15.4. The van der Waals surface area contributed by atoms with Gasteiger partial charge in [0.15, 0.2) is 11.5 Å². The zero-order valence-electron chi connectivity index (χ0n) is 18.1. The van der Waals surface area contributed by atoms with Crippen LogP contribution >= 0.6 is 0 Å². The second kappa shape index (κ2) is 8.42. The molecule has 7 nitrogen and oxygen atoms in total. The Balaban J connectivity index is 1.42. The summed E-state index contributed by atoms with van der Waals surface area (Å²) in [6.07, 6.45) is 2.29.